The summed E-state index contributed by atoms with van der Waals surface area (Å²) in [4.78, 5) is 24.6. The zero-order valence-electron chi connectivity index (χ0n) is 13.4. The highest BCUT2D eigenvalue weighted by Crippen LogP contribution is 2.20. The van der Waals surface area contributed by atoms with E-state index in [0.29, 0.717) is 26.4 Å². The van der Waals surface area contributed by atoms with Crippen LogP contribution >= 0.6 is 27.3 Å². The van der Waals surface area contributed by atoms with Gasteiger partial charge in [0.15, 0.2) is 0 Å². The van der Waals surface area contributed by atoms with Crippen molar-refractivity contribution in [1.29, 1.82) is 0 Å². The summed E-state index contributed by atoms with van der Waals surface area (Å²) in [7, 11) is 0. The Labute approximate surface area is 161 Å². The molecule has 4 nitrogen and oxygen atoms in total. The van der Waals surface area contributed by atoms with Crippen LogP contribution in [0.5, 0.6) is 5.75 Å². The quantitative estimate of drug-likeness (QED) is 0.452. The van der Waals surface area contributed by atoms with Crippen LogP contribution in [0.1, 0.15) is 15.2 Å². The summed E-state index contributed by atoms with van der Waals surface area (Å²) >= 11 is 4.44. The summed E-state index contributed by atoms with van der Waals surface area (Å²) in [5.74, 6) is -0.668. The molecule has 2 aromatic carbocycles. The minimum absolute atomic E-state index is 0.0236. The molecule has 3 rings (SSSR count). The fourth-order valence-electron chi connectivity index (χ4n) is 2.19. The average Bonchev–Trinajstić information content (AvgIpc) is 3.15. The van der Waals surface area contributed by atoms with Crippen molar-refractivity contribution >= 4 is 44.8 Å². The molecule has 3 aromatic rings. The first-order valence-corrected chi connectivity index (χ1v) is 9.28. The normalized spacial score (nSPS) is 10.4. The lowest BCUT2D eigenvalue weighted by molar-refractivity contribution is -0.133. The number of halogens is 2. The molecule has 0 aliphatic carbocycles. The van der Waals surface area contributed by atoms with Crippen molar-refractivity contribution in [3.8, 4) is 5.75 Å². The lowest BCUT2D eigenvalue weighted by atomic mass is 10.1. The van der Waals surface area contributed by atoms with E-state index in [2.05, 4.69) is 21.2 Å². The number of thiophene rings is 1. The summed E-state index contributed by atoms with van der Waals surface area (Å²) in [6.45, 7) is 0. The molecule has 0 radical (unpaired) electrons. The number of hydrogen-bond donors (Lipinski definition) is 1. The van der Waals surface area contributed by atoms with Crippen LogP contribution in [-0.2, 0) is 11.2 Å². The minimum Gasteiger partial charge on any atom is -0.426 e. The van der Waals surface area contributed by atoms with Crippen molar-refractivity contribution in [2.75, 3.05) is 5.32 Å². The molecule has 0 spiro atoms. The molecule has 1 heterocycles. The SMILES string of the molecule is O=C(Cc1ccc(F)c(Br)c1)Oc1ccc(NC(=O)c2cccs2)cc1. The molecule has 1 amide bonds. The van der Waals surface area contributed by atoms with E-state index in [1.165, 1.54) is 23.5 Å². The Morgan fingerprint density at radius 1 is 1.12 bits per heavy atom. The van der Waals surface area contributed by atoms with Crippen LogP contribution in [0.4, 0.5) is 10.1 Å². The number of anilines is 1. The Morgan fingerprint density at radius 2 is 1.88 bits per heavy atom. The monoisotopic (exact) mass is 433 g/mol. The van der Waals surface area contributed by atoms with Gasteiger partial charge in [0.05, 0.1) is 15.8 Å². The van der Waals surface area contributed by atoms with Gasteiger partial charge in [0, 0.05) is 5.69 Å². The lowest BCUT2D eigenvalue weighted by Gasteiger charge is -2.07. The molecule has 0 atom stereocenters. The van der Waals surface area contributed by atoms with Gasteiger partial charge in [0.1, 0.15) is 11.6 Å². The highest BCUT2D eigenvalue weighted by Gasteiger charge is 2.10. The molecule has 0 bridgehead atoms. The van der Waals surface area contributed by atoms with E-state index in [0.717, 1.165) is 0 Å². The highest BCUT2D eigenvalue weighted by atomic mass is 79.9. The van der Waals surface area contributed by atoms with Crippen LogP contribution in [-0.4, -0.2) is 11.9 Å². The summed E-state index contributed by atoms with van der Waals surface area (Å²) in [6, 6.07) is 14.4. The molecule has 0 fully saturated rings. The fraction of sp³-hybridized carbons (Fsp3) is 0.0526. The molecule has 132 valence electrons. The van der Waals surface area contributed by atoms with Crippen molar-refractivity contribution < 1.29 is 18.7 Å². The van der Waals surface area contributed by atoms with Gasteiger partial charge in [0.25, 0.3) is 5.91 Å². The molecular weight excluding hydrogens is 421 g/mol. The third kappa shape index (κ3) is 4.77. The highest BCUT2D eigenvalue weighted by molar-refractivity contribution is 9.10. The molecule has 0 saturated carbocycles. The summed E-state index contributed by atoms with van der Waals surface area (Å²) < 4.78 is 18.8. The first-order chi connectivity index (χ1) is 12.5. The zero-order chi connectivity index (χ0) is 18.5. The van der Waals surface area contributed by atoms with Crippen molar-refractivity contribution in [3.05, 3.63) is 80.7 Å². The predicted octanol–water partition coefficient (Wildman–Crippen LogP) is 5.05. The van der Waals surface area contributed by atoms with Crippen LogP contribution in [0, 0.1) is 5.82 Å². The molecule has 1 N–H and O–H groups in total. The Bertz CT molecular complexity index is 926. The van der Waals surface area contributed by atoms with Crippen LogP contribution in [0.25, 0.3) is 0 Å². The van der Waals surface area contributed by atoms with Gasteiger partial charge in [-0.25, -0.2) is 4.39 Å². The Morgan fingerprint density at radius 3 is 2.54 bits per heavy atom. The van der Waals surface area contributed by atoms with Crippen LogP contribution in [0.15, 0.2) is 64.5 Å². The van der Waals surface area contributed by atoms with E-state index >= 15 is 0 Å². The number of nitrogens with one attached hydrogen (secondary N) is 1. The number of hydrogen-bond acceptors (Lipinski definition) is 4. The van der Waals surface area contributed by atoms with Crippen LogP contribution in [0.3, 0.4) is 0 Å². The maximum Gasteiger partial charge on any atom is 0.315 e. The van der Waals surface area contributed by atoms with Crippen LogP contribution in [0.2, 0.25) is 0 Å². The minimum atomic E-state index is -0.459. The molecule has 1 aromatic heterocycles. The standard InChI is InChI=1S/C19H13BrFNO3S/c20-15-10-12(3-8-16(15)21)11-18(23)25-14-6-4-13(5-7-14)22-19(24)17-2-1-9-26-17/h1-10H,11H2,(H,22,24). The summed E-state index contributed by atoms with van der Waals surface area (Å²) in [5, 5.41) is 4.60. The first-order valence-electron chi connectivity index (χ1n) is 7.61. The topological polar surface area (TPSA) is 55.4 Å². The van der Waals surface area contributed by atoms with E-state index in [1.54, 1.807) is 36.4 Å². The largest absolute Gasteiger partial charge is 0.426 e. The number of carbonyl (C=O) groups excluding carboxylic acids is 2. The van der Waals surface area contributed by atoms with Gasteiger partial charge in [0.2, 0.25) is 0 Å². The van der Waals surface area contributed by atoms with E-state index in [-0.39, 0.29) is 18.1 Å². The number of esters is 1. The third-order valence-electron chi connectivity index (χ3n) is 3.42. The van der Waals surface area contributed by atoms with Crippen molar-refractivity contribution in [2.45, 2.75) is 6.42 Å². The third-order valence-corrected chi connectivity index (χ3v) is 4.90. The van der Waals surface area contributed by atoms with Gasteiger partial charge in [-0.3, -0.25) is 9.59 Å². The molecule has 0 aliphatic heterocycles. The van der Waals surface area contributed by atoms with E-state index in [1.807, 2.05) is 11.4 Å². The second-order valence-electron chi connectivity index (χ2n) is 5.36. The zero-order valence-corrected chi connectivity index (χ0v) is 15.8. The Kier molecular flexibility index (Phi) is 5.80. The van der Waals surface area contributed by atoms with E-state index in [9.17, 15) is 14.0 Å². The molecular formula is C19H13BrFNO3S. The number of carbonyl (C=O) groups is 2. The smallest absolute Gasteiger partial charge is 0.315 e. The molecule has 26 heavy (non-hydrogen) atoms. The van der Waals surface area contributed by atoms with Crippen molar-refractivity contribution in [2.24, 2.45) is 0 Å². The summed E-state index contributed by atoms with van der Waals surface area (Å²) in [6.07, 6.45) is 0.0236. The van der Waals surface area contributed by atoms with Gasteiger partial charge in [-0.1, -0.05) is 12.1 Å². The summed E-state index contributed by atoms with van der Waals surface area (Å²) in [5.41, 5.74) is 1.24. The van der Waals surface area contributed by atoms with Gasteiger partial charge in [-0.15, -0.1) is 11.3 Å². The second kappa shape index (κ2) is 8.25. The van der Waals surface area contributed by atoms with Gasteiger partial charge >= 0.3 is 5.97 Å². The molecule has 0 saturated heterocycles. The Balaban J connectivity index is 1.57. The van der Waals surface area contributed by atoms with Crippen molar-refractivity contribution in [3.63, 3.8) is 0 Å². The molecule has 0 unspecified atom stereocenters. The maximum absolute atomic E-state index is 13.2. The number of rotatable bonds is 5. The Hall–Kier alpha value is -2.51. The van der Waals surface area contributed by atoms with Gasteiger partial charge in [-0.05, 0) is 69.3 Å². The maximum atomic E-state index is 13.2. The first kappa shape index (κ1) is 18.3. The fourth-order valence-corrected chi connectivity index (χ4v) is 3.24. The number of amides is 1. The second-order valence-corrected chi connectivity index (χ2v) is 7.16. The van der Waals surface area contributed by atoms with Gasteiger partial charge < -0.3 is 10.1 Å². The van der Waals surface area contributed by atoms with Gasteiger partial charge in [-0.2, -0.15) is 0 Å². The predicted molar refractivity (Wildman–Crippen MR) is 102 cm³/mol. The molecule has 0 aliphatic rings. The lowest BCUT2D eigenvalue weighted by Crippen LogP contribution is -2.12. The van der Waals surface area contributed by atoms with Crippen molar-refractivity contribution in [1.82, 2.24) is 0 Å². The number of benzene rings is 2. The number of ether oxygens (including phenoxy) is 1. The van der Waals surface area contributed by atoms with E-state index in [4.69, 9.17) is 4.74 Å². The molecule has 7 heteroatoms. The average molecular weight is 434 g/mol. The van der Waals surface area contributed by atoms with Crippen LogP contribution < -0.4 is 10.1 Å². The van der Waals surface area contributed by atoms with E-state index < -0.39 is 5.97 Å².